The molecule has 0 aliphatic carbocycles. The molecule has 1 heterocycles. The first-order valence-electron chi connectivity index (χ1n) is 3.58. The summed E-state index contributed by atoms with van der Waals surface area (Å²) in [5.41, 5.74) is 0. The van der Waals surface area contributed by atoms with E-state index in [9.17, 15) is 9.70 Å². The molecule has 0 amide bonds. The van der Waals surface area contributed by atoms with Gasteiger partial charge in [0.1, 0.15) is 6.04 Å². The molecule has 0 bridgehead atoms. The molecule has 5 heteroatoms. The number of carbonyl (C=O) groups is 1. The Labute approximate surface area is 63.9 Å². The van der Waals surface area contributed by atoms with Crippen LogP contribution in [0.3, 0.4) is 0 Å². The molecule has 1 rings (SSSR count). The van der Waals surface area contributed by atoms with Crippen molar-refractivity contribution in [1.82, 2.24) is 5.01 Å². The van der Waals surface area contributed by atoms with Gasteiger partial charge in [0.2, 0.25) is 0 Å². The van der Waals surface area contributed by atoms with E-state index in [4.69, 9.17) is 5.11 Å². The molecule has 1 saturated heterocycles. The quantitative estimate of drug-likeness (QED) is 0.597. The number of nitrogens with zero attached hydrogens (tertiary/aromatic N) is 2. The van der Waals surface area contributed by atoms with E-state index in [0.717, 1.165) is 17.9 Å². The van der Waals surface area contributed by atoms with Gasteiger partial charge < -0.3 is 5.11 Å². The minimum absolute atomic E-state index is 0.473. The Morgan fingerprint density at radius 1 is 1.55 bits per heavy atom. The number of carboxylic acids is 1. The monoisotopic (exact) mass is 158 g/mol. The molecule has 62 valence electrons. The highest BCUT2D eigenvalue weighted by molar-refractivity contribution is 5.73. The molecular weight excluding hydrogens is 148 g/mol. The average molecular weight is 158 g/mol. The lowest BCUT2D eigenvalue weighted by molar-refractivity contribution is -0.144. The maximum absolute atomic E-state index is 10.5. The summed E-state index contributed by atoms with van der Waals surface area (Å²) in [7, 11) is 0. The second-order valence-electron chi connectivity index (χ2n) is 2.59. The van der Waals surface area contributed by atoms with Gasteiger partial charge in [-0.05, 0) is 19.3 Å². The molecule has 0 aromatic carbocycles. The molecular formula is C6H10N2O3. The van der Waals surface area contributed by atoms with Gasteiger partial charge in [0.15, 0.2) is 0 Å². The Morgan fingerprint density at radius 3 is 2.73 bits per heavy atom. The van der Waals surface area contributed by atoms with Crippen molar-refractivity contribution < 1.29 is 9.90 Å². The molecule has 1 aliphatic heterocycles. The van der Waals surface area contributed by atoms with Crippen molar-refractivity contribution in [3.05, 3.63) is 4.91 Å². The Kier molecular flexibility index (Phi) is 2.40. The number of hydrogen-bond donors (Lipinski definition) is 1. The number of aliphatic carboxylic acids is 1. The fourth-order valence-electron chi connectivity index (χ4n) is 1.27. The number of carboxylic acid groups (broad SMARTS) is 1. The van der Waals surface area contributed by atoms with Crippen LogP contribution >= 0.6 is 0 Å². The lowest BCUT2D eigenvalue weighted by Crippen LogP contribution is -2.40. The van der Waals surface area contributed by atoms with Crippen LogP contribution in [0, 0.1) is 4.91 Å². The van der Waals surface area contributed by atoms with E-state index in [1.807, 2.05) is 0 Å². The third-order valence-electron chi connectivity index (χ3n) is 1.86. The zero-order chi connectivity index (χ0) is 8.27. The second kappa shape index (κ2) is 3.32. The van der Waals surface area contributed by atoms with Crippen molar-refractivity contribution in [3.8, 4) is 0 Å². The average Bonchev–Trinajstić information content (AvgIpc) is 2.04. The minimum Gasteiger partial charge on any atom is -0.480 e. The van der Waals surface area contributed by atoms with Crippen molar-refractivity contribution in [1.29, 1.82) is 0 Å². The lowest BCUT2D eigenvalue weighted by atomic mass is 10.0. The normalized spacial score (nSPS) is 24.7. The van der Waals surface area contributed by atoms with Crippen LogP contribution in [0.5, 0.6) is 0 Å². The van der Waals surface area contributed by atoms with Crippen molar-refractivity contribution in [2.45, 2.75) is 25.3 Å². The topological polar surface area (TPSA) is 70.0 Å². The molecule has 11 heavy (non-hydrogen) atoms. The van der Waals surface area contributed by atoms with E-state index in [1.165, 1.54) is 0 Å². The predicted molar refractivity (Wildman–Crippen MR) is 37.8 cm³/mol. The highest BCUT2D eigenvalue weighted by atomic mass is 16.4. The van der Waals surface area contributed by atoms with Crippen LogP contribution in [0.2, 0.25) is 0 Å². The number of nitroso groups, excluding NO2 is 1. The van der Waals surface area contributed by atoms with E-state index in [1.54, 1.807) is 0 Å². The van der Waals surface area contributed by atoms with Crippen molar-refractivity contribution in [3.63, 3.8) is 0 Å². The fraction of sp³-hybridized carbons (Fsp3) is 0.833. The Balaban J connectivity index is 2.58. The van der Waals surface area contributed by atoms with Crippen LogP contribution in [0.1, 0.15) is 19.3 Å². The summed E-state index contributed by atoms with van der Waals surface area (Å²) in [4.78, 5) is 20.6. The summed E-state index contributed by atoms with van der Waals surface area (Å²) in [6.07, 6.45) is 2.25. The van der Waals surface area contributed by atoms with Crippen LogP contribution in [-0.2, 0) is 4.79 Å². The van der Waals surface area contributed by atoms with Crippen molar-refractivity contribution in [2.75, 3.05) is 6.54 Å². The molecule has 1 fully saturated rings. The smallest absolute Gasteiger partial charge is 0.328 e. The van der Waals surface area contributed by atoms with Gasteiger partial charge in [0.25, 0.3) is 0 Å². The summed E-state index contributed by atoms with van der Waals surface area (Å²) >= 11 is 0. The summed E-state index contributed by atoms with van der Waals surface area (Å²) in [5, 5.41) is 12.4. The largest absolute Gasteiger partial charge is 0.480 e. The van der Waals surface area contributed by atoms with Gasteiger partial charge in [-0.1, -0.05) is 0 Å². The number of hydrogen-bond acceptors (Lipinski definition) is 3. The Hall–Kier alpha value is -1.13. The van der Waals surface area contributed by atoms with Gasteiger partial charge in [-0.25, -0.2) is 9.80 Å². The van der Waals surface area contributed by atoms with Gasteiger partial charge >= 0.3 is 5.97 Å². The molecule has 1 N–H and O–H groups in total. The number of rotatable bonds is 2. The molecule has 0 spiro atoms. The van der Waals surface area contributed by atoms with E-state index >= 15 is 0 Å². The van der Waals surface area contributed by atoms with Gasteiger partial charge in [0, 0.05) is 6.54 Å². The maximum atomic E-state index is 10.5. The molecule has 1 atom stereocenters. The first kappa shape index (κ1) is 7.97. The van der Waals surface area contributed by atoms with Crippen LogP contribution in [0.25, 0.3) is 0 Å². The third-order valence-corrected chi connectivity index (χ3v) is 1.86. The molecule has 5 nitrogen and oxygen atoms in total. The van der Waals surface area contributed by atoms with Crippen molar-refractivity contribution in [2.24, 2.45) is 5.29 Å². The molecule has 0 unspecified atom stereocenters. The Morgan fingerprint density at radius 2 is 2.27 bits per heavy atom. The molecule has 0 radical (unpaired) electrons. The molecule has 0 saturated carbocycles. The zero-order valence-electron chi connectivity index (χ0n) is 6.06. The fourth-order valence-corrected chi connectivity index (χ4v) is 1.27. The number of piperidine rings is 1. The van der Waals surface area contributed by atoms with E-state index in [2.05, 4.69) is 5.29 Å². The molecule has 0 aromatic rings. The summed E-state index contributed by atoms with van der Waals surface area (Å²) in [5.74, 6) is -0.954. The van der Waals surface area contributed by atoms with E-state index < -0.39 is 12.0 Å². The molecule has 1 aliphatic rings. The Bertz CT molecular complexity index is 171. The maximum Gasteiger partial charge on any atom is 0.328 e. The second-order valence-corrected chi connectivity index (χ2v) is 2.59. The minimum atomic E-state index is -0.954. The first-order valence-corrected chi connectivity index (χ1v) is 3.58. The van der Waals surface area contributed by atoms with Gasteiger partial charge in [0.05, 0.1) is 5.29 Å². The zero-order valence-corrected chi connectivity index (χ0v) is 6.06. The van der Waals surface area contributed by atoms with Gasteiger partial charge in [-0.2, -0.15) is 0 Å². The third kappa shape index (κ3) is 1.66. The lowest BCUT2D eigenvalue weighted by Gasteiger charge is -2.26. The van der Waals surface area contributed by atoms with Crippen LogP contribution < -0.4 is 0 Å². The standard InChI is InChI=1S/C6H10N2O3/c9-6(10)5-3-1-2-4-8(5)7-11/h5H,1-4H2,(H,9,10)/t5-/m0/s1. The summed E-state index contributed by atoms with van der Waals surface area (Å²) in [6.45, 7) is 0.473. The summed E-state index contributed by atoms with van der Waals surface area (Å²) < 4.78 is 0. The SMILES string of the molecule is O=NN1CCCC[C@H]1C(=O)O. The van der Waals surface area contributed by atoms with Gasteiger partial charge in [-0.3, -0.25) is 0 Å². The van der Waals surface area contributed by atoms with Crippen LogP contribution in [0.4, 0.5) is 0 Å². The van der Waals surface area contributed by atoms with Crippen LogP contribution in [0.15, 0.2) is 5.29 Å². The summed E-state index contributed by atoms with van der Waals surface area (Å²) in [6, 6.07) is -0.693. The molecule has 0 aromatic heterocycles. The predicted octanol–water partition coefficient (Wildman–Crippen LogP) is 0.607. The van der Waals surface area contributed by atoms with Crippen molar-refractivity contribution >= 4 is 5.97 Å². The van der Waals surface area contributed by atoms with E-state index in [-0.39, 0.29) is 0 Å². The highest BCUT2D eigenvalue weighted by Crippen LogP contribution is 2.16. The van der Waals surface area contributed by atoms with E-state index in [0.29, 0.717) is 13.0 Å². The highest BCUT2D eigenvalue weighted by Gasteiger charge is 2.28. The first-order chi connectivity index (χ1) is 5.25. The van der Waals surface area contributed by atoms with Crippen LogP contribution in [-0.4, -0.2) is 28.7 Å². The van der Waals surface area contributed by atoms with Gasteiger partial charge in [-0.15, -0.1) is 4.91 Å².